The SMILES string of the molecule is Cc1cc(C(C)Nc2ccccc2C(=O)O)c2cc(-c3ccc(F)cc3)c(-c3cn[nH]c3)nc2c1. The number of benzene rings is 3. The Labute approximate surface area is 201 Å². The third kappa shape index (κ3) is 4.36. The van der Waals surface area contributed by atoms with Crippen LogP contribution >= 0.6 is 0 Å². The van der Waals surface area contributed by atoms with Crippen LogP contribution in [0.4, 0.5) is 10.1 Å². The van der Waals surface area contributed by atoms with E-state index in [1.807, 2.05) is 19.9 Å². The number of para-hydroxylation sites is 1. The van der Waals surface area contributed by atoms with Gasteiger partial charge >= 0.3 is 5.97 Å². The lowest BCUT2D eigenvalue weighted by Gasteiger charge is -2.21. The van der Waals surface area contributed by atoms with Crippen molar-refractivity contribution in [1.29, 1.82) is 0 Å². The minimum absolute atomic E-state index is 0.208. The van der Waals surface area contributed by atoms with Crippen molar-refractivity contribution in [2.75, 3.05) is 5.32 Å². The molecule has 7 heteroatoms. The number of rotatable bonds is 6. The van der Waals surface area contributed by atoms with E-state index in [1.54, 1.807) is 48.8 Å². The second-order valence-corrected chi connectivity index (χ2v) is 8.52. The molecular formula is C28H23FN4O2. The van der Waals surface area contributed by atoms with Crippen molar-refractivity contribution >= 4 is 22.6 Å². The monoisotopic (exact) mass is 466 g/mol. The molecule has 0 aliphatic carbocycles. The Hall–Kier alpha value is -4.52. The molecule has 3 N–H and O–H groups in total. The second kappa shape index (κ2) is 9.02. The predicted molar refractivity (Wildman–Crippen MR) is 135 cm³/mol. The van der Waals surface area contributed by atoms with Crippen LogP contribution in [-0.2, 0) is 0 Å². The molecule has 0 aliphatic heterocycles. The van der Waals surface area contributed by atoms with E-state index >= 15 is 0 Å². The number of hydrogen-bond acceptors (Lipinski definition) is 4. The van der Waals surface area contributed by atoms with Crippen molar-refractivity contribution in [2.24, 2.45) is 0 Å². The average molecular weight is 467 g/mol. The Morgan fingerprint density at radius 1 is 1.06 bits per heavy atom. The Morgan fingerprint density at radius 2 is 1.83 bits per heavy atom. The van der Waals surface area contributed by atoms with Crippen LogP contribution in [0.5, 0.6) is 0 Å². The molecule has 6 nitrogen and oxygen atoms in total. The zero-order chi connectivity index (χ0) is 24.5. The lowest BCUT2D eigenvalue weighted by molar-refractivity contribution is 0.0698. The molecule has 0 spiro atoms. The maximum absolute atomic E-state index is 13.7. The van der Waals surface area contributed by atoms with Gasteiger partial charge in [0.05, 0.1) is 23.0 Å². The van der Waals surface area contributed by atoms with Gasteiger partial charge in [-0.25, -0.2) is 14.2 Å². The molecule has 0 radical (unpaired) electrons. The van der Waals surface area contributed by atoms with Gasteiger partial charge in [-0.05, 0) is 66.9 Å². The van der Waals surface area contributed by atoms with E-state index in [2.05, 4.69) is 27.6 Å². The quantitative estimate of drug-likeness (QED) is 0.262. The van der Waals surface area contributed by atoms with E-state index in [0.717, 1.165) is 44.4 Å². The molecule has 174 valence electrons. The van der Waals surface area contributed by atoms with Gasteiger partial charge < -0.3 is 10.4 Å². The Bertz CT molecular complexity index is 1530. The fourth-order valence-electron chi connectivity index (χ4n) is 4.36. The van der Waals surface area contributed by atoms with Gasteiger partial charge in [-0.1, -0.05) is 30.3 Å². The van der Waals surface area contributed by atoms with Crippen molar-refractivity contribution in [3.8, 4) is 22.4 Å². The second-order valence-electron chi connectivity index (χ2n) is 8.52. The van der Waals surface area contributed by atoms with Crippen LogP contribution in [0.15, 0.2) is 79.1 Å². The maximum atomic E-state index is 13.7. The van der Waals surface area contributed by atoms with E-state index in [4.69, 9.17) is 4.98 Å². The van der Waals surface area contributed by atoms with Crippen LogP contribution in [0.25, 0.3) is 33.3 Å². The molecule has 0 saturated heterocycles. The molecule has 2 aromatic heterocycles. The molecule has 1 atom stereocenters. The van der Waals surface area contributed by atoms with Gasteiger partial charge in [-0.3, -0.25) is 5.10 Å². The summed E-state index contributed by atoms with van der Waals surface area (Å²) in [6, 6.07) is 19.2. The fourth-order valence-corrected chi connectivity index (χ4v) is 4.36. The van der Waals surface area contributed by atoms with Crippen molar-refractivity contribution in [3.05, 3.63) is 102 Å². The van der Waals surface area contributed by atoms with Gasteiger partial charge in [0, 0.05) is 34.4 Å². The standard InChI is InChI=1S/C28H23FN4O2/c1-16-11-22(17(2)32-25-6-4-3-5-21(25)28(34)35)24-13-23(18-7-9-20(29)10-8-18)27(33-26(24)12-16)19-14-30-31-15-19/h3-15,17,32H,1-2H3,(H,30,31)(H,34,35). The third-order valence-electron chi connectivity index (χ3n) is 6.03. The number of pyridine rings is 1. The zero-order valence-electron chi connectivity index (χ0n) is 19.2. The van der Waals surface area contributed by atoms with Crippen LogP contribution in [0, 0.1) is 12.7 Å². The molecule has 0 saturated carbocycles. The Balaban J connectivity index is 1.69. The van der Waals surface area contributed by atoms with Crippen LogP contribution in [0.2, 0.25) is 0 Å². The van der Waals surface area contributed by atoms with Gasteiger partial charge in [0.15, 0.2) is 0 Å². The highest BCUT2D eigenvalue weighted by Gasteiger charge is 2.18. The number of carboxylic acids is 1. The van der Waals surface area contributed by atoms with Crippen molar-refractivity contribution in [3.63, 3.8) is 0 Å². The summed E-state index contributed by atoms with van der Waals surface area (Å²) < 4.78 is 13.7. The lowest BCUT2D eigenvalue weighted by atomic mass is 9.94. The first-order chi connectivity index (χ1) is 16.9. The number of hydrogen-bond donors (Lipinski definition) is 3. The predicted octanol–water partition coefficient (Wildman–Crippen LogP) is 6.61. The summed E-state index contributed by atoms with van der Waals surface area (Å²) in [7, 11) is 0. The van der Waals surface area contributed by atoms with Crippen LogP contribution in [0.3, 0.4) is 0 Å². The summed E-state index contributed by atoms with van der Waals surface area (Å²) >= 11 is 0. The van der Waals surface area contributed by atoms with Crippen LogP contribution < -0.4 is 5.32 Å². The molecule has 35 heavy (non-hydrogen) atoms. The maximum Gasteiger partial charge on any atom is 0.337 e. The van der Waals surface area contributed by atoms with E-state index in [0.29, 0.717) is 5.69 Å². The number of carbonyl (C=O) groups is 1. The summed E-state index contributed by atoms with van der Waals surface area (Å²) in [5, 5.41) is 20.8. The molecule has 0 bridgehead atoms. The lowest BCUT2D eigenvalue weighted by Crippen LogP contribution is -2.11. The van der Waals surface area contributed by atoms with Gasteiger partial charge in [-0.2, -0.15) is 5.10 Å². The number of aromatic carboxylic acids is 1. The first-order valence-electron chi connectivity index (χ1n) is 11.2. The number of fused-ring (bicyclic) bond motifs is 1. The number of anilines is 1. The topological polar surface area (TPSA) is 90.9 Å². The average Bonchev–Trinajstić information content (AvgIpc) is 3.38. The fraction of sp³-hybridized carbons (Fsp3) is 0.107. The molecule has 5 aromatic rings. The van der Waals surface area contributed by atoms with Gasteiger partial charge in [0.25, 0.3) is 0 Å². The van der Waals surface area contributed by atoms with Crippen molar-refractivity contribution < 1.29 is 14.3 Å². The van der Waals surface area contributed by atoms with Crippen LogP contribution in [-0.4, -0.2) is 26.3 Å². The molecule has 0 amide bonds. The number of H-pyrrole nitrogens is 1. The highest BCUT2D eigenvalue weighted by atomic mass is 19.1. The summed E-state index contributed by atoms with van der Waals surface area (Å²) in [5.41, 5.74) is 6.84. The number of aromatic nitrogens is 3. The Morgan fingerprint density at radius 3 is 2.54 bits per heavy atom. The highest BCUT2D eigenvalue weighted by Crippen LogP contribution is 2.36. The summed E-state index contributed by atoms with van der Waals surface area (Å²) in [6.07, 6.45) is 3.50. The molecule has 2 heterocycles. The third-order valence-corrected chi connectivity index (χ3v) is 6.03. The molecular weight excluding hydrogens is 443 g/mol. The first kappa shape index (κ1) is 22.3. The minimum atomic E-state index is -0.987. The summed E-state index contributed by atoms with van der Waals surface area (Å²) in [5.74, 6) is -1.29. The van der Waals surface area contributed by atoms with E-state index in [9.17, 15) is 14.3 Å². The van der Waals surface area contributed by atoms with Crippen molar-refractivity contribution in [1.82, 2.24) is 15.2 Å². The first-order valence-corrected chi connectivity index (χ1v) is 11.2. The van der Waals surface area contributed by atoms with Crippen molar-refractivity contribution in [2.45, 2.75) is 19.9 Å². The highest BCUT2D eigenvalue weighted by molar-refractivity contribution is 5.95. The van der Waals surface area contributed by atoms with Gasteiger partial charge in [-0.15, -0.1) is 0 Å². The summed E-state index contributed by atoms with van der Waals surface area (Å²) in [6.45, 7) is 4.00. The number of carboxylic acid groups (broad SMARTS) is 1. The number of nitrogens with one attached hydrogen (secondary N) is 2. The van der Waals surface area contributed by atoms with Crippen LogP contribution in [0.1, 0.15) is 34.5 Å². The van der Waals surface area contributed by atoms with Gasteiger partial charge in [0.1, 0.15) is 5.82 Å². The number of aryl methyl sites for hydroxylation is 1. The Kier molecular flexibility index (Phi) is 5.74. The number of halogens is 1. The smallest absolute Gasteiger partial charge is 0.337 e. The molecule has 0 aliphatic rings. The number of aromatic amines is 1. The molecule has 5 rings (SSSR count). The minimum Gasteiger partial charge on any atom is -0.478 e. The molecule has 3 aromatic carbocycles. The number of nitrogens with zero attached hydrogens (tertiary/aromatic N) is 2. The van der Waals surface area contributed by atoms with E-state index < -0.39 is 5.97 Å². The van der Waals surface area contributed by atoms with E-state index in [1.165, 1.54) is 12.1 Å². The summed E-state index contributed by atoms with van der Waals surface area (Å²) in [4.78, 5) is 16.7. The molecule has 0 fully saturated rings. The normalized spacial score (nSPS) is 12.0. The zero-order valence-corrected chi connectivity index (χ0v) is 19.2. The molecule has 1 unspecified atom stereocenters. The largest absolute Gasteiger partial charge is 0.478 e. The van der Waals surface area contributed by atoms with E-state index in [-0.39, 0.29) is 17.4 Å². The van der Waals surface area contributed by atoms with Gasteiger partial charge in [0.2, 0.25) is 0 Å².